The van der Waals surface area contributed by atoms with Crippen molar-refractivity contribution in [3.63, 3.8) is 0 Å². The number of carbonyl (C=O) groups excluding carboxylic acids is 1. The fourth-order valence-electron chi connectivity index (χ4n) is 2.35. The lowest BCUT2D eigenvalue weighted by Crippen LogP contribution is -2.20. The van der Waals surface area contributed by atoms with Gasteiger partial charge in [0.25, 0.3) is 5.56 Å². The first-order valence-corrected chi connectivity index (χ1v) is 8.64. The summed E-state index contributed by atoms with van der Waals surface area (Å²) in [5.74, 6) is -0.0356. The summed E-state index contributed by atoms with van der Waals surface area (Å²) in [6, 6.07) is 8.60. The molecule has 0 aliphatic rings. The summed E-state index contributed by atoms with van der Waals surface area (Å²) in [5.41, 5.74) is 1.81. The molecule has 3 aromatic rings. The Morgan fingerprint density at radius 3 is 2.60 bits per heavy atom. The van der Waals surface area contributed by atoms with Crippen LogP contribution in [-0.4, -0.2) is 20.3 Å². The fourth-order valence-corrected chi connectivity index (χ4v) is 3.36. The number of benzene rings is 1. The van der Waals surface area contributed by atoms with E-state index >= 15 is 0 Å². The minimum atomic E-state index is -0.211. The maximum Gasteiger partial charge on any atom is 0.271 e. The van der Waals surface area contributed by atoms with Gasteiger partial charge in [-0.15, -0.1) is 0 Å². The van der Waals surface area contributed by atoms with Gasteiger partial charge in [-0.25, -0.2) is 9.97 Å². The van der Waals surface area contributed by atoms with Gasteiger partial charge in [-0.2, -0.15) is 0 Å². The molecular formula is C18H14ClN3O2S. The first-order valence-electron chi connectivity index (χ1n) is 7.44. The lowest BCUT2D eigenvalue weighted by Gasteiger charge is -2.09. The molecule has 0 N–H and O–H groups in total. The Morgan fingerprint density at radius 2 is 1.92 bits per heavy atom. The molecule has 7 heteroatoms. The topological polar surface area (TPSA) is 64.8 Å². The third kappa shape index (κ3) is 3.65. The average molecular weight is 372 g/mol. The van der Waals surface area contributed by atoms with Crippen LogP contribution in [0.25, 0.3) is 5.69 Å². The first kappa shape index (κ1) is 17.4. The largest absolute Gasteiger partial charge is 0.294 e. The molecule has 126 valence electrons. The van der Waals surface area contributed by atoms with Crippen LogP contribution in [0.15, 0.2) is 63.8 Å². The molecule has 0 bridgehead atoms. The Morgan fingerprint density at radius 1 is 1.20 bits per heavy atom. The van der Waals surface area contributed by atoms with E-state index in [-0.39, 0.29) is 11.3 Å². The summed E-state index contributed by atoms with van der Waals surface area (Å²) in [4.78, 5) is 33.3. The molecule has 0 aliphatic carbocycles. The van der Waals surface area contributed by atoms with Crippen molar-refractivity contribution in [2.24, 2.45) is 0 Å². The number of Topliss-reactive ketones (excluding diaryl/α,β-unsaturated/α-hetero) is 1. The standard InChI is InChI=1S/C18H14ClN3O2S/c1-11-15(12(2)23)7-8-21-17(11)25-16-9-20-10-22(18(16)24)14-5-3-13(19)4-6-14/h3-10H,1-2H3. The van der Waals surface area contributed by atoms with Crippen molar-refractivity contribution >= 4 is 29.1 Å². The molecule has 0 atom stereocenters. The van der Waals surface area contributed by atoms with Gasteiger partial charge in [-0.1, -0.05) is 23.4 Å². The number of pyridine rings is 1. The summed E-state index contributed by atoms with van der Waals surface area (Å²) in [5, 5.41) is 1.21. The summed E-state index contributed by atoms with van der Waals surface area (Å²) in [6.07, 6.45) is 4.53. The number of hydrogen-bond donors (Lipinski definition) is 0. The van der Waals surface area contributed by atoms with Crippen LogP contribution in [0, 0.1) is 6.92 Å². The van der Waals surface area contributed by atoms with Crippen LogP contribution < -0.4 is 5.56 Å². The number of halogens is 1. The zero-order chi connectivity index (χ0) is 18.0. The normalized spacial score (nSPS) is 10.7. The zero-order valence-corrected chi connectivity index (χ0v) is 15.1. The van der Waals surface area contributed by atoms with E-state index in [1.807, 2.05) is 6.92 Å². The van der Waals surface area contributed by atoms with Crippen LogP contribution in [0.5, 0.6) is 0 Å². The monoisotopic (exact) mass is 371 g/mol. The van der Waals surface area contributed by atoms with E-state index in [0.717, 1.165) is 5.56 Å². The Bertz CT molecular complexity index is 1000. The van der Waals surface area contributed by atoms with Gasteiger partial charge in [0.15, 0.2) is 5.78 Å². The van der Waals surface area contributed by atoms with Crippen LogP contribution in [0.2, 0.25) is 5.02 Å². The van der Waals surface area contributed by atoms with Gasteiger partial charge in [-0.05, 0) is 49.7 Å². The molecule has 0 amide bonds. The molecule has 0 saturated heterocycles. The van der Waals surface area contributed by atoms with Crippen LogP contribution in [0.1, 0.15) is 22.8 Å². The van der Waals surface area contributed by atoms with Gasteiger partial charge in [0, 0.05) is 23.0 Å². The van der Waals surface area contributed by atoms with Crippen molar-refractivity contribution in [1.82, 2.24) is 14.5 Å². The second kappa shape index (κ2) is 7.21. The highest BCUT2D eigenvalue weighted by atomic mass is 35.5. The Labute approximate surface area is 153 Å². The quantitative estimate of drug-likeness (QED) is 0.650. The van der Waals surface area contributed by atoms with Gasteiger partial charge >= 0.3 is 0 Å². The smallest absolute Gasteiger partial charge is 0.271 e. The molecule has 0 aliphatic heterocycles. The first-order chi connectivity index (χ1) is 12.0. The molecule has 25 heavy (non-hydrogen) atoms. The van der Waals surface area contributed by atoms with Gasteiger partial charge in [0.05, 0.1) is 10.6 Å². The van der Waals surface area contributed by atoms with E-state index in [1.54, 1.807) is 36.5 Å². The van der Waals surface area contributed by atoms with Gasteiger partial charge in [-0.3, -0.25) is 14.2 Å². The minimum Gasteiger partial charge on any atom is -0.294 e. The van der Waals surface area contributed by atoms with Crippen LogP contribution >= 0.6 is 23.4 Å². The molecule has 0 radical (unpaired) electrons. The van der Waals surface area contributed by atoms with Crippen LogP contribution in [-0.2, 0) is 0 Å². The maximum atomic E-state index is 12.8. The highest BCUT2D eigenvalue weighted by molar-refractivity contribution is 7.99. The number of hydrogen-bond acceptors (Lipinski definition) is 5. The highest BCUT2D eigenvalue weighted by Gasteiger charge is 2.13. The van der Waals surface area contributed by atoms with E-state index in [0.29, 0.717) is 26.2 Å². The van der Waals surface area contributed by atoms with Crippen LogP contribution in [0.3, 0.4) is 0 Å². The molecular weight excluding hydrogens is 358 g/mol. The molecule has 0 spiro atoms. The van der Waals surface area contributed by atoms with E-state index in [9.17, 15) is 9.59 Å². The summed E-state index contributed by atoms with van der Waals surface area (Å²) in [6.45, 7) is 3.33. The predicted molar refractivity (Wildman–Crippen MR) is 97.9 cm³/mol. The average Bonchev–Trinajstić information content (AvgIpc) is 2.59. The highest BCUT2D eigenvalue weighted by Crippen LogP contribution is 2.27. The number of carbonyl (C=O) groups is 1. The molecule has 5 nitrogen and oxygen atoms in total. The third-order valence-electron chi connectivity index (χ3n) is 3.65. The molecule has 2 heterocycles. The molecule has 0 fully saturated rings. The molecule has 3 rings (SSSR count). The van der Waals surface area contributed by atoms with E-state index in [2.05, 4.69) is 9.97 Å². The summed E-state index contributed by atoms with van der Waals surface area (Å²) in [7, 11) is 0. The number of rotatable bonds is 4. The molecule has 2 aromatic heterocycles. The SMILES string of the molecule is CC(=O)c1ccnc(Sc2cncn(-c3ccc(Cl)cc3)c2=O)c1C. The Hall–Kier alpha value is -2.44. The number of ketones is 1. The Kier molecular flexibility index (Phi) is 5.01. The van der Waals surface area contributed by atoms with Gasteiger partial charge in [0.1, 0.15) is 11.4 Å². The Balaban J connectivity index is 2.01. The van der Waals surface area contributed by atoms with Crippen molar-refractivity contribution in [3.05, 3.63) is 75.6 Å². The fraction of sp³-hybridized carbons (Fsp3) is 0.111. The van der Waals surface area contributed by atoms with Gasteiger partial charge in [0.2, 0.25) is 0 Å². The van der Waals surface area contributed by atoms with Crippen molar-refractivity contribution in [1.29, 1.82) is 0 Å². The van der Waals surface area contributed by atoms with Crippen LogP contribution in [0.4, 0.5) is 0 Å². The second-order valence-corrected chi connectivity index (χ2v) is 6.82. The predicted octanol–water partition coefficient (Wildman–Crippen LogP) is 3.94. The number of nitrogens with zero attached hydrogens (tertiary/aromatic N) is 3. The molecule has 1 aromatic carbocycles. The lowest BCUT2D eigenvalue weighted by atomic mass is 10.1. The van der Waals surface area contributed by atoms with Crippen molar-refractivity contribution < 1.29 is 4.79 Å². The summed E-state index contributed by atoms with van der Waals surface area (Å²) >= 11 is 7.09. The lowest BCUT2D eigenvalue weighted by molar-refractivity contribution is 0.101. The van der Waals surface area contributed by atoms with E-state index < -0.39 is 0 Å². The second-order valence-electron chi connectivity index (χ2n) is 5.36. The van der Waals surface area contributed by atoms with Crippen molar-refractivity contribution in [2.75, 3.05) is 0 Å². The maximum absolute atomic E-state index is 12.8. The third-order valence-corrected chi connectivity index (χ3v) is 5.01. The molecule has 0 saturated carbocycles. The zero-order valence-electron chi connectivity index (χ0n) is 13.6. The number of aromatic nitrogens is 3. The van der Waals surface area contributed by atoms with Crippen molar-refractivity contribution in [2.45, 2.75) is 23.8 Å². The van der Waals surface area contributed by atoms with Crippen molar-refractivity contribution in [3.8, 4) is 5.69 Å². The summed E-state index contributed by atoms with van der Waals surface area (Å²) < 4.78 is 1.45. The molecule has 0 unspecified atom stereocenters. The van der Waals surface area contributed by atoms with E-state index in [4.69, 9.17) is 11.6 Å². The minimum absolute atomic E-state index is 0.0356. The van der Waals surface area contributed by atoms with Gasteiger partial charge < -0.3 is 0 Å². The van der Waals surface area contributed by atoms with E-state index in [1.165, 1.54) is 35.8 Å².